The van der Waals surface area contributed by atoms with Gasteiger partial charge in [-0.05, 0) is 37.4 Å². The van der Waals surface area contributed by atoms with Gasteiger partial charge >= 0.3 is 0 Å². The van der Waals surface area contributed by atoms with E-state index < -0.39 is 6.10 Å². The lowest BCUT2D eigenvalue weighted by Gasteiger charge is -2.17. The van der Waals surface area contributed by atoms with Crippen molar-refractivity contribution in [2.75, 3.05) is 13.4 Å². The first kappa shape index (κ1) is 14.8. The van der Waals surface area contributed by atoms with E-state index in [4.69, 9.17) is 9.47 Å². The fraction of sp³-hybridized carbons (Fsp3) is 0.250. The molecule has 20 heavy (non-hydrogen) atoms. The van der Waals surface area contributed by atoms with Gasteiger partial charge in [0.25, 0.3) is 0 Å². The quantitative estimate of drug-likeness (QED) is 0.835. The largest absolute Gasteiger partial charge is 0.496 e. The summed E-state index contributed by atoms with van der Waals surface area (Å²) in [5.74, 6) is 2.01. The topological polar surface area (TPSA) is 38.7 Å². The van der Waals surface area contributed by atoms with E-state index in [1.807, 2.05) is 48.7 Å². The molecule has 0 bridgehead atoms. The summed E-state index contributed by atoms with van der Waals surface area (Å²) in [6.07, 6.45) is 1.34. The lowest BCUT2D eigenvalue weighted by atomic mass is 10.1. The normalized spacial score (nSPS) is 12.0. The number of aliphatic hydroxyl groups excluding tert-OH is 1. The molecule has 106 valence electrons. The second-order valence-corrected chi connectivity index (χ2v) is 5.15. The maximum absolute atomic E-state index is 9.96. The molecule has 0 aromatic heterocycles. The van der Waals surface area contributed by atoms with Gasteiger partial charge in [0.1, 0.15) is 17.2 Å². The van der Waals surface area contributed by atoms with Crippen molar-refractivity contribution in [2.45, 2.75) is 17.9 Å². The van der Waals surface area contributed by atoms with Crippen LogP contribution in [-0.2, 0) is 0 Å². The van der Waals surface area contributed by atoms with Gasteiger partial charge in [-0.1, -0.05) is 18.2 Å². The SMILES string of the molecule is COc1cccc(Oc2ccccc2SC)c1[C@@H](C)O. The lowest BCUT2D eigenvalue weighted by Crippen LogP contribution is -2.00. The van der Waals surface area contributed by atoms with E-state index in [0.29, 0.717) is 17.1 Å². The highest BCUT2D eigenvalue weighted by Crippen LogP contribution is 2.38. The van der Waals surface area contributed by atoms with Gasteiger partial charge in [0, 0.05) is 4.90 Å². The van der Waals surface area contributed by atoms with Crippen LogP contribution in [-0.4, -0.2) is 18.5 Å². The highest BCUT2D eigenvalue weighted by molar-refractivity contribution is 7.98. The van der Waals surface area contributed by atoms with E-state index in [9.17, 15) is 5.11 Å². The number of thioether (sulfide) groups is 1. The van der Waals surface area contributed by atoms with E-state index >= 15 is 0 Å². The number of para-hydroxylation sites is 1. The van der Waals surface area contributed by atoms with E-state index in [1.165, 1.54) is 0 Å². The highest BCUT2D eigenvalue weighted by atomic mass is 32.2. The van der Waals surface area contributed by atoms with Gasteiger partial charge in [0.15, 0.2) is 0 Å². The molecular weight excluding hydrogens is 272 g/mol. The van der Waals surface area contributed by atoms with Gasteiger partial charge in [0.2, 0.25) is 0 Å². The second kappa shape index (κ2) is 6.68. The predicted octanol–water partition coefficient (Wildman–Crippen LogP) is 4.26. The Morgan fingerprint density at radius 1 is 1.00 bits per heavy atom. The van der Waals surface area contributed by atoms with Crippen LogP contribution in [0.2, 0.25) is 0 Å². The number of aliphatic hydroxyl groups is 1. The average molecular weight is 290 g/mol. The number of ether oxygens (including phenoxy) is 2. The minimum absolute atomic E-state index is 0.612. The molecule has 0 amide bonds. The Kier molecular flexibility index (Phi) is 4.93. The lowest BCUT2D eigenvalue weighted by molar-refractivity contribution is 0.190. The summed E-state index contributed by atoms with van der Waals surface area (Å²) in [4.78, 5) is 1.05. The van der Waals surface area contributed by atoms with Crippen molar-refractivity contribution in [1.82, 2.24) is 0 Å². The molecule has 3 nitrogen and oxygen atoms in total. The number of hydrogen-bond acceptors (Lipinski definition) is 4. The van der Waals surface area contributed by atoms with Crippen LogP contribution in [0.1, 0.15) is 18.6 Å². The first-order valence-corrected chi connectivity index (χ1v) is 7.55. The monoisotopic (exact) mass is 290 g/mol. The zero-order chi connectivity index (χ0) is 14.5. The van der Waals surface area contributed by atoms with Crippen molar-refractivity contribution in [3.8, 4) is 17.2 Å². The molecule has 2 rings (SSSR count). The molecule has 2 aromatic carbocycles. The molecule has 1 atom stereocenters. The summed E-state index contributed by atoms with van der Waals surface area (Å²) >= 11 is 1.62. The van der Waals surface area contributed by atoms with Crippen LogP contribution in [0.5, 0.6) is 17.2 Å². The average Bonchev–Trinajstić information content (AvgIpc) is 2.47. The van der Waals surface area contributed by atoms with Crippen LogP contribution in [0.4, 0.5) is 0 Å². The fourth-order valence-corrected chi connectivity index (χ4v) is 2.55. The molecule has 0 saturated carbocycles. The second-order valence-electron chi connectivity index (χ2n) is 4.30. The highest BCUT2D eigenvalue weighted by Gasteiger charge is 2.16. The van der Waals surface area contributed by atoms with Gasteiger partial charge < -0.3 is 14.6 Å². The Morgan fingerprint density at radius 2 is 1.65 bits per heavy atom. The van der Waals surface area contributed by atoms with Gasteiger partial charge in [-0.15, -0.1) is 11.8 Å². The smallest absolute Gasteiger partial charge is 0.140 e. The zero-order valence-corrected chi connectivity index (χ0v) is 12.6. The Balaban J connectivity index is 2.43. The molecular formula is C16H18O3S. The van der Waals surface area contributed by atoms with Crippen LogP contribution in [0, 0.1) is 0 Å². The van der Waals surface area contributed by atoms with E-state index in [2.05, 4.69) is 0 Å². The maximum atomic E-state index is 9.96. The third-order valence-corrected chi connectivity index (χ3v) is 3.73. The molecule has 0 aliphatic heterocycles. The summed E-state index contributed by atoms with van der Waals surface area (Å²) in [5, 5.41) is 9.96. The molecule has 0 fully saturated rings. The van der Waals surface area contributed by atoms with E-state index in [-0.39, 0.29) is 0 Å². The minimum Gasteiger partial charge on any atom is -0.496 e. The van der Waals surface area contributed by atoms with Crippen molar-refractivity contribution >= 4 is 11.8 Å². The third-order valence-electron chi connectivity index (χ3n) is 2.95. The van der Waals surface area contributed by atoms with Crippen molar-refractivity contribution in [1.29, 1.82) is 0 Å². The number of methoxy groups -OCH3 is 1. The molecule has 0 saturated heterocycles. The van der Waals surface area contributed by atoms with Crippen LogP contribution >= 0.6 is 11.8 Å². The summed E-state index contributed by atoms with van der Waals surface area (Å²) in [6.45, 7) is 1.70. The van der Waals surface area contributed by atoms with Crippen molar-refractivity contribution in [3.63, 3.8) is 0 Å². The van der Waals surface area contributed by atoms with E-state index in [0.717, 1.165) is 10.6 Å². The molecule has 0 unspecified atom stereocenters. The standard InChI is InChI=1S/C16H18O3S/c1-11(17)16-13(18-2)8-6-9-14(16)19-12-7-4-5-10-15(12)20-3/h4-11,17H,1-3H3/t11-/m1/s1. The minimum atomic E-state index is -0.664. The molecule has 0 aliphatic carbocycles. The molecule has 4 heteroatoms. The van der Waals surface area contributed by atoms with Crippen LogP contribution in [0.3, 0.4) is 0 Å². The first-order valence-electron chi connectivity index (χ1n) is 6.33. The molecule has 1 N–H and O–H groups in total. The van der Waals surface area contributed by atoms with Gasteiger partial charge in [-0.3, -0.25) is 0 Å². The predicted molar refractivity (Wildman–Crippen MR) is 81.9 cm³/mol. The molecule has 0 spiro atoms. The summed E-state index contributed by atoms with van der Waals surface area (Å²) < 4.78 is 11.3. The Bertz CT molecular complexity index is 582. The Hall–Kier alpha value is -1.65. The number of hydrogen-bond donors (Lipinski definition) is 1. The molecule has 2 aromatic rings. The third kappa shape index (κ3) is 3.08. The number of benzene rings is 2. The van der Waals surface area contributed by atoms with Crippen LogP contribution in [0.25, 0.3) is 0 Å². The molecule has 0 aliphatic rings. The van der Waals surface area contributed by atoms with Crippen LogP contribution < -0.4 is 9.47 Å². The van der Waals surface area contributed by atoms with Crippen LogP contribution in [0.15, 0.2) is 47.4 Å². The molecule has 0 radical (unpaired) electrons. The Labute approximate surface area is 123 Å². The van der Waals surface area contributed by atoms with Gasteiger partial charge in [0.05, 0.1) is 18.8 Å². The summed E-state index contributed by atoms with van der Waals surface area (Å²) in [7, 11) is 1.58. The first-order chi connectivity index (χ1) is 9.67. The van der Waals surface area contributed by atoms with Crippen molar-refractivity contribution in [3.05, 3.63) is 48.0 Å². The van der Waals surface area contributed by atoms with Gasteiger partial charge in [-0.25, -0.2) is 0 Å². The van der Waals surface area contributed by atoms with Crippen molar-refractivity contribution in [2.24, 2.45) is 0 Å². The summed E-state index contributed by atoms with van der Waals surface area (Å²) in [5.41, 5.74) is 0.658. The van der Waals surface area contributed by atoms with Crippen molar-refractivity contribution < 1.29 is 14.6 Å². The summed E-state index contributed by atoms with van der Waals surface area (Å²) in [6, 6.07) is 13.3. The Morgan fingerprint density at radius 3 is 2.30 bits per heavy atom. The van der Waals surface area contributed by atoms with Gasteiger partial charge in [-0.2, -0.15) is 0 Å². The zero-order valence-electron chi connectivity index (χ0n) is 11.8. The van der Waals surface area contributed by atoms with E-state index in [1.54, 1.807) is 25.8 Å². The fourth-order valence-electron chi connectivity index (χ4n) is 2.02. The number of rotatable bonds is 5. The maximum Gasteiger partial charge on any atom is 0.140 e. The molecule has 0 heterocycles.